The van der Waals surface area contributed by atoms with E-state index in [1.165, 1.54) is 5.56 Å². The highest BCUT2D eigenvalue weighted by atomic mass is 16.3. The number of benzene rings is 1. The van der Waals surface area contributed by atoms with Gasteiger partial charge in [-0.3, -0.25) is 4.90 Å². The van der Waals surface area contributed by atoms with Crippen LogP contribution in [0.5, 0.6) is 5.75 Å². The highest BCUT2D eigenvalue weighted by Gasteiger charge is 2.19. The summed E-state index contributed by atoms with van der Waals surface area (Å²) in [6, 6.07) is 7.55. The third-order valence-corrected chi connectivity index (χ3v) is 3.93. The molecule has 0 amide bonds. The largest absolute Gasteiger partial charge is 0.508 e. The van der Waals surface area contributed by atoms with Crippen LogP contribution in [0.2, 0.25) is 0 Å². The predicted molar refractivity (Wildman–Crippen MR) is 82.0 cm³/mol. The monoisotopic (exact) mass is 283 g/mol. The number of para-hydroxylation sites is 1. The third kappa shape index (κ3) is 3.22. The summed E-state index contributed by atoms with van der Waals surface area (Å²) in [5.74, 6) is 1.32. The van der Waals surface area contributed by atoms with Crippen molar-refractivity contribution >= 4 is 0 Å². The number of phenolic OH excluding ortho intramolecular Hbond substituents is 1. The van der Waals surface area contributed by atoms with Gasteiger partial charge in [0.2, 0.25) is 0 Å². The van der Waals surface area contributed by atoms with E-state index in [2.05, 4.69) is 16.8 Å². The van der Waals surface area contributed by atoms with Crippen molar-refractivity contribution in [2.45, 2.75) is 39.3 Å². The minimum absolute atomic E-state index is 0.373. The van der Waals surface area contributed by atoms with Crippen LogP contribution in [-0.4, -0.2) is 26.5 Å². The predicted octanol–water partition coefficient (Wildman–Crippen LogP) is 2.69. The Morgan fingerprint density at radius 2 is 2.14 bits per heavy atom. The first kappa shape index (κ1) is 14.0. The van der Waals surface area contributed by atoms with Gasteiger partial charge in [0, 0.05) is 37.8 Å². The van der Waals surface area contributed by atoms with Crippen LogP contribution in [0.25, 0.3) is 0 Å². The second-order valence-corrected chi connectivity index (χ2v) is 5.60. The van der Waals surface area contributed by atoms with Crippen LogP contribution in [-0.2, 0) is 25.9 Å². The van der Waals surface area contributed by atoms with Gasteiger partial charge in [0.1, 0.15) is 11.6 Å². The molecule has 110 valence electrons. The van der Waals surface area contributed by atoms with Gasteiger partial charge in [-0.2, -0.15) is 0 Å². The van der Waals surface area contributed by atoms with Gasteiger partial charge in [-0.1, -0.05) is 25.1 Å². The Labute approximate surface area is 125 Å². The van der Waals surface area contributed by atoms with Gasteiger partial charge < -0.3 is 5.11 Å². The fourth-order valence-electron chi connectivity index (χ4n) is 2.76. The summed E-state index contributed by atoms with van der Waals surface area (Å²) < 4.78 is 0. The number of rotatable bonds is 4. The van der Waals surface area contributed by atoms with E-state index < -0.39 is 0 Å². The molecular weight excluding hydrogens is 262 g/mol. The van der Waals surface area contributed by atoms with Crippen molar-refractivity contribution in [3.05, 3.63) is 53.1 Å². The van der Waals surface area contributed by atoms with E-state index in [1.54, 1.807) is 6.07 Å². The fourth-order valence-corrected chi connectivity index (χ4v) is 2.76. The Bertz CT molecular complexity index is 627. The summed E-state index contributed by atoms with van der Waals surface area (Å²) in [5, 5.41) is 9.90. The molecule has 0 atom stereocenters. The molecule has 1 aliphatic heterocycles. The molecule has 21 heavy (non-hydrogen) atoms. The number of fused-ring (bicyclic) bond motifs is 1. The van der Waals surface area contributed by atoms with Gasteiger partial charge in [-0.25, -0.2) is 9.97 Å². The number of aromatic hydroxyl groups is 1. The highest BCUT2D eigenvalue weighted by Crippen LogP contribution is 2.22. The normalized spacial score (nSPS) is 14.9. The molecule has 0 unspecified atom stereocenters. The smallest absolute Gasteiger partial charge is 0.128 e. The van der Waals surface area contributed by atoms with Gasteiger partial charge in [0.15, 0.2) is 0 Å². The average molecular weight is 283 g/mol. The zero-order valence-electron chi connectivity index (χ0n) is 12.4. The molecule has 3 rings (SSSR count). The Hall–Kier alpha value is -1.94. The first-order chi connectivity index (χ1) is 10.3. The fraction of sp³-hybridized carbons (Fsp3) is 0.412. The molecular formula is C17H21N3O. The van der Waals surface area contributed by atoms with Gasteiger partial charge in [-0.05, 0) is 24.5 Å². The van der Waals surface area contributed by atoms with Crippen molar-refractivity contribution in [1.82, 2.24) is 14.9 Å². The summed E-state index contributed by atoms with van der Waals surface area (Å²) in [6.45, 7) is 4.73. The maximum atomic E-state index is 9.90. The van der Waals surface area contributed by atoms with Crippen LogP contribution in [0.3, 0.4) is 0 Å². The molecule has 2 aromatic rings. The molecule has 1 aliphatic rings. The summed E-state index contributed by atoms with van der Waals surface area (Å²) in [4.78, 5) is 11.5. The second-order valence-electron chi connectivity index (χ2n) is 5.60. The van der Waals surface area contributed by atoms with Crippen molar-refractivity contribution in [3.63, 3.8) is 0 Å². The van der Waals surface area contributed by atoms with Gasteiger partial charge in [0.25, 0.3) is 0 Å². The molecule has 0 saturated heterocycles. The molecule has 0 bridgehead atoms. The van der Waals surface area contributed by atoms with E-state index in [9.17, 15) is 5.11 Å². The minimum atomic E-state index is 0.373. The van der Waals surface area contributed by atoms with E-state index >= 15 is 0 Å². The topological polar surface area (TPSA) is 49.2 Å². The number of hydrogen-bond acceptors (Lipinski definition) is 4. The Balaban J connectivity index is 1.74. The molecule has 0 radical (unpaired) electrons. The van der Waals surface area contributed by atoms with Crippen molar-refractivity contribution < 1.29 is 5.11 Å². The number of aryl methyl sites for hydroxylation is 1. The minimum Gasteiger partial charge on any atom is -0.508 e. The summed E-state index contributed by atoms with van der Waals surface area (Å²) >= 11 is 0. The van der Waals surface area contributed by atoms with Gasteiger partial charge in [0.05, 0.1) is 5.69 Å². The lowest BCUT2D eigenvalue weighted by atomic mass is 10.1. The lowest BCUT2D eigenvalue weighted by molar-refractivity contribution is 0.237. The standard InChI is InChI=1S/C17H21N3O/c1-2-5-17-18-10-13-8-9-20(12-15(13)19-17)11-14-6-3-4-7-16(14)21/h3-4,6-7,10,21H,2,5,8-9,11-12H2,1H3. The maximum absolute atomic E-state index is 9.90. The number of hydrogen-bond donors (Lipinski definition) is 1. The van der Waals surface area contributed by atoms with E-state index in [0.29, 0.717) is 5.75 Å². The Kier molecular flexibility index (Phi) is 4.15. The van der Waals surface area contributed by atoms with E-state index in [0.717, 1.165) is 56.0 Å². The summed E-state index contributed by atoms with van der Waals surface area (Å²) in [6.07, 6.45) is 4.98. The van der Waals surface area contributed by atoms with Crippen molar-refractivity contribution in [2.75, 3.05) is 6.54 Å². The molecule has 1 aromatic heterocycles. The number of phenols is 1. The molecule has 0 fully saturated rings. The molecule has 1 aromatic carbocycles. The first-order valence-corrected chi connectivity index (χ1v) is 7.59. The van der Waals surface area contributed by atoms with Crippen molar-refractivity contribution in [3.8, 4) is 5.75 Å². The number of nitrogens with zero attached hydrogens (tertiary/aromatic N) is 3. The number of aromatic nitrogens is 2. The van der Waals surface area contributed by atoms with Crippen LogP contribution in [0, 0.1) is 0 Å². The van der Waals surface area contributed by atoms with Gasteiger partial charge >= 0.3 is 0 Å². The van der Waals surface area contributed by atoms with Crippen molar-refractivity contribution in [2.24, 2.45) is 0 Å². The lowest BCUT2D eigenvalue weighted by Crippen LogP contribution is -2.31. The highest BCUT2D eigenvalue weighted by molar-refractivity contribution is 5.32. The van der Waals surface area contributed by atoms with Gasteiger partial charge in [-0.15, -0.1) is 0 Å². The average Bonchev–Trinajstić information content (AvgIpc) is 2.50. The lowest BCUT2D eigenvalue weighted by Gasteiger charge is -2.28. The van der Waals surface area contributed by atoms with E-state index in [-0.39, 0.29) is 0 Å². The molecule has 4 heteroatoms. The summed E-state index contributed by atoms with van der Waals surface area (Å²) in [7, 11) is 0. The zero-order valence-corrected chi connectivity index (χ0v) is 12.4. The molecule has 1 N–H and O–H groups in total. The van der Waals surface area contributed by atoms with Crippen molar-refractivity contribution in [1.29, 1.82) is 0 Å². The first-order valence-electron chi connectivity index (χ1n) is 7.59. The second kappa shape index (κ2) is 6.22. The van der Waals surface area contributed by atoms with E-state index in [4.69, 9.17) is 4.98 Å². The Morgan fingerprint density at radius 3 is 2.95 bits per heavy atom. The van der Waals surface area contributed by atoms with Crippen LogP contribution in [0.4, 0.5) is 0 Å². The maximum Gasteiger partial charge on any atom is 0.128 e. The van der Waals surface area contributed by atoms with Crippen LogP contribution in [0.1, 0.15) is 36.0 Å². The van der Waals surface area contributed by atoms with Crippen LogP contribution >= 0.6 is 0 Å². The molecule has 2 heterocycles. The molecule has 0 aliphatic carbocycles. The van der Waals surface area contributed by atoms with Crippen LogP contribution < -0.4 is 0 Å². The third-order valence-electron chi connectivity index (χ3n) is 3.93. The SMILES string of the molecule is CCCc1ncc2c(n1)CN(Cc1ccccc1O)CC2. The zero-order chi connectivity index (χ0) is 14.7. The molecule has 4 nitrogen and oxygen atoms in total. The molecule has 0 saturated carbocycles. The van der Waals surface area contributed by atoms with E-state index in [1.807, 2.05) is 24.4 Å². The Morgan fingerprint density at radius 1 is 1.29 bits per heavy atom. The quantitative estimate of drug-likeness (QED) is 0.937. The molecule has 0 spiro atoms. The van der Waals surface area contributed by atoms with Crippen LogP contribution in [0.15, 0.2) is 30.5 Å². The summed E-state index contributed by atoms with van der Waals surface area (Å²) in [5.41, 5.74) is 3.39.